The number of carbonyl (C=O) groups is 2. The first-order valence-electron chi connectivity index (χ1n) is 9.89. The average molecular weight is 483 g/mol. The molecule has 11 heteroatoms. The van der Waals surface area contributed by atoms with Crippen LogP contribution in [0.15, 0.2) is 35.2 Å². The SMILES string of the molecule is CCOC(=O)C(=O)Nc1cc(C)c(Oc2ccc(O)c(S(=O)(=O)NCC3CC3)c2)c(Cl)c1. The van der Waals surface area contributed by atoms with E-state index in [9.17, 15) is 23.1 Å². The van der Waals surface area contributed by atoms with Gasteiger partial charge in [-0.05, 0) is 62.4 Å². The van der Waals surface area contributed by atoms with Gasteiger partial charge in [-0.15, -0.1) is 0 Å². The molecule has 0 aliphatic heterocycles. The molecule has 0 unspecified atom stereocenters. The predicted octanol–water partition coefficient (Wildman–Crippen LogP) is 3.34. The van der Waals surface area contributed by atoms with Crippen LogP contribution in [0.1, 0.15) is 25.3 Å². The van der Waals surface area contributed by atoms with Gasteiger partial charge in [0.25, 0.3) is 0 Å². The van der Waals surface area contributed by atoms with Crippen LogP contribution < -0.4 is 14.8 Å². The van der Waals surface area contributed by atoms with Crippen molar-refractivity contribution >= 4 is 39.2 Å². The fraction of sp³-hybridized carbons (Fsp3) is 0.333. The lowest BCUT2D eigenvalue weighted by molar-refractivity contribution is -0.152. The number of benzene rings is 2. The van der Waals surface area contributed by atoms with Crippen LogP contribution in [0, 0.1) is 12.8 Å². The van der Waals surface area contributed by atoms with Crippen molar-refractivity contribution in [3.05, 3.63) is 40.9 Å². The molecule has 0 saturated heterocycles. The second-order valence-corrected chi connectivity index (χ2v) is 9.45. The molecule has 1 amide bonds. The van der Waals surface area contributed by atoms with Crippen molar-refractivity contribution < 1.29 is 32.6 Å². The number of esters is 1. The van der Waals surface area contributed by atoms with E-state index >= 15 is 0 Å². The number of rotatable bonds is 8. The molecule has 1 fully saturated rings. The zero-order chi connectivity index (χ0) is 23.5. The number of nitrogens with one attached hydrogen (secondary N) is 2. The molecule has 172 valence electrons. The maximum Gasteiger partial charge on any atom is 0.397 e. The Balaban J connectivity index is 1.79. The number of anilines is 1. The highest BCUT2D eigenvalue weighted by molar-refractivity contribution is 7.89. The van der Waals surface area contributed by atoms with E-state index in [4.69, 9.17) is 16.3 Å². The third-order valence-electron chi connectivity index (χ3n) is 4.65. The first-order valence-corrected chi connectivity index (χ1v) is 11.8. The predicted molar refractivity (Wildman–Crippen MR) is 118 cm³/mol. The summed E-state index contributed by atoms with van der Waals surface area (Å²) in [6.07, 6.45) is 1.96. The summed E-state index contributed by atoms with van der Waals surface area (Å²) in [5, 5.41) is 12.6. The van der Waals surface area contributed by atoms with E-state index in [1.165, 1.54) is 30.3 Å². The summed E-state index contributed by atoms with van der Waals surface area (Å²) >= 11 is 6.29. The summed E-state index contributed by atoms with van der Waals surface area (Å²) in [5.41, 5.74) is 0.775. The van der Waals surface area contributed by atoms with Gasteiger partial charge in [-0.2, -0.15) is 0 Å². The van der Waals surface area contributed by atoms with Gasteiger partial charge in [-0.3, -0.25) is 4.79 Å². The Morgan fingerprint density at radius 2 is 1.94 bits per heavy atom. The molecule has 0 bridgehead atoms. The van der Waals surface area contributed by atoms with Crippen molar-refractivity contribution in [3.63, 3.8) is 0 Å². The maximum atomic E-state index is 12.5. The minimum atomic E-state index is -3.92. The fourth-order valence-corrected chi connectivity index (χ4v) is 4.36. The topological polar surface area (TPSA) is 131 Å². The number of halogens is 1. The molecule has 1 aliphatic carbocycles. The van der Waals surface area contributed by atoms with Crippen molar-refractivity contribution in [2.45, 2.75) is 31.6 Å². The van der Waals surface area contributed by atoms with Gasteiger partial charge in [0.1, 0.15) is 22.1 Å². The number of aryl methyl sites for hydroxylation is 1. The summed E-state index contributed by atoms with van der Waals surface area (Å²) in [5.74, 6) is -1.67. The van der Waals surface area contributed by atoms with Crippen molar-refractivity contribution in [2.24, 2.45) is 5.92 Å². The van der Waals surface area contributed by atoms with Crippen molar-refractivity contribution in [1.82, 2.24) is 4.72 Å². The van der Waals surface area contributed by atoms with E-state index in [-0.39, 0.29) is 33.7 Å². The lowest BCUT2D eigenvalue weighted by atomic mass is 10.2. The van der Waals surface area contributed by atoms with Crippen molar-refractivity contribution in [1.29, 1.82) is 0 Å². The van der Waals surface area contributed by atoms with Crippen LogP contribution in [0.2, 0.25) is 5.02 Å². The number of hydrogen-bond acceptors (Lipinski definition) is 7. The standard InChI is InChI=1S/C21H23ClN2O7S/c1-3-30-21(27)20(26)24-14-8-12(2)19(16(22)9-14)31-15-6-7-17(25)18(10-15)32(28,29)23-11-13-4-5-13/h6-10,13,23,25H,3-5,11H2,1-2H3,(H,24,26). The second kappa shape index (κ2) is 9.76. The van der Waals surface area contributed by atoms with Gasteiger partial charge < -0.3 is 19.9 Å². The first-order chi connectivity index (χ1) is 15.1. The Bertz CT molecular complexity index is 1120. The Morgan fingerprint density at radius 1 is 1.22 bits per heavy atom. The van der Waals surface area contributed by atoms with Gasteiger partial charge in [0.15, 0.2) is 0 Å². The maximum absolute atomic E-state index is 12.5. The molecule has 0 aromatic heterocycles. The largest absolute Gasteiger partial charge is 0.507 e. The van der Waals surface area contributed by atoms with Gasteiger partial charge in [-0.1, -0.05) is 11.6 Å². The highest BCUT2D eigenvalue weighted by Gasteiger charge is 2.26. The summed E-state index contributed by atoms with van der Waals surface area (Å²) in [6.45, 7) is 3.63. The monoisotopic (exact) mass is 482 g/mol. The highest BCUT2D eigenvalue weighted by Crippen LogP contribution is 2.37. The molecule has 0 atom stereocenters. The Labute approximate surface area is 190 Å². The molecule has 1 saturated carbocycles. The molecule has 3 rings (SSSR count). The normalized spacial score (nSPS) is 13.5. The van der Waals surface area contributed by atoms with Gasteiger partial charge in [-0.25, -0.2) is 17.9 Å². The number of phenolic OH excluding ortho intramolecular Hbond substituents is 1. The molecule has 0 radical (unpaired) electrons. The molecule has 3 N–H and O–H groups in total. The molecular formula is C21H23ClN2O7S. The Hall–Kier alpha value is -2.82. The van der Waals surface area contributed by atoms with Gasteiger partial charge >= 0.3 is 11.9 Å². The molecular weight excluding hydrogens is 460 g/mol. The van der Waals surface area contributed by atoms with Crippen LogP contribution >= 0.6 is 11.6 Å². The van der Waals surface area contributed by atoms with E-state index in [1.807, 2.05) is 0 Å². The van der Waals surface area contributed by atoms with Gasteiger partial charge in [0, 0.05) is 18.3 Å². The van der Waals surface area contributed by atoms with Gasteiger partial charge in [0.05, 0.1) is 11.6 Å². The van der Waals surface area contributed by atoms with Crippen LogP contribution in [0.4, 0.5) is 5.69 Å². The number of aromatic hydroxyl groups is 1. The Kier molecular flexibility index (Phi) is 7.27. The minimum Gasteiger partial charge on any atom is -0.507 e. The molecule has 0 spiro atoms. The molecule has 32 heavy (non-hydrogen) atoms. The van der Waals surface area contributed by atoms with E-state index in [0.29, 0.717) is 18.0 Å². The van der Waals surface area contributed by atoms with Crippen LogP contribution in [0.5, 0.6) is 17.2 Å². The number of hydrogen-bond donors (Lipinski definition) is 3. The number of sulfonamides is 1. The highest BCUT2D eigenvalue weighted by atomic mass is 35.5. The van der Waals surface area contributed by atoms with E-state index in [1.54, 1.807) is 13.8 Å². The van der Waals surface area contributed by atoms with Crippen LogP contribution in [-0.4, -0.2) is 38.6 Å². The zero-order valence-corrected chi connectivity index (χ0v) is 19.0. The second-order valence-electron chi connectivity index (χ2n) is 7.31. The van der Waals surface area contributed by atoms with Crippen LogP contribution in [-0.2, 0) is 24.3 Å². The van der Waals surface area contributed by atoms with E-state index in [0.717, 1.165) is 12.8 Å². The lowest BCUT2D eigenvalue weighted by Gasteiger charge is -2.15. The van der Waals surface area contributed by atoms with E-state index in [2.05, 4.69) is 14.8 Å². The average Bonchev–Trinajstić information content (AvgIpc) is 3.55. The number of amides is 1. The van der Waals surface area contributed by atoms with E-state index < -0.39 is 27.6 Å². The lowest BCUT2D eigenvalue weighted by Crippen LogP contribution is -2.25. The van der Waals surface area contributed by atoms with Crippen molar-refractivity contribution in [3.8, 4) is 17.2 Å². The molecule has 1 aliphatic rings. The Morgan fingerprint density at radius 3 is 2.56 bits per heavy atom. The third kappa shape index (κ3) is 5.90. The number of carbonyl (C=O) groups excluding carboxylic acids is 2. The molecule has 9 nitrogen and oxygen atoms in total. The molecule has 2 aromatic carbocycles. The fourth-order valence-electron chi connectivity index (χ4n) is 2.83. The van der Waals surface area contributed by atoms with Crippen LogP contribution in [0.25, 0.3) is 0 Å². The summed E-state index contributed by atoms with van der Waals surface area (Å²) in [7, 11) is -3.92. The smallest absolute Gasteiger partial charge is 0.397 e. The molecule has 0 heterocycles. The summed E-state index contributed by atoms with van der Waals surface area (Å²) < 4.78 is 38.0. The molecule has 2 aromatic rings. The minimum absolute atomic E-state index is 0.0687. The summed E-state index contributed by atoms with van der Waals surface area (Å²) in [6, 6.07) is 6.75. The quantitative estimate of drug-likeness (QED) is 0.388. The first kappa shape index (κ1) is 23.8. The number of ether oxygens (including phenoxy) is 2. The third-order valence-corrected chi connectivity index (χ3v) is 6.38. The van der Waals surface area contributed by atoms with Crippen molar-refractivity contribution in [2.75, 3.05) is 18.5 Å². The number of phenols is 1. The zero-order valence-electron chi connectivity index (χ0n) is 17.5. The summed E-state index contributed by atoms with van der Waals surface area (Å²) in [4.78, 5) is 23.0. The van der Waals surface area contributed by atoms with Crippen LogP contribution in [0.3, 0.4) is 0 Å². The van der Waals surface area contributed by atoms with Gasteiger partial charge in [0.2, 0.25) is 10.0 Å².